The van der Waals surface area contributed by atoms with Crippen LogP contribution in [0.25, 0.3) is 11.4 Å². The number of hydrogen-bond donors (Lipinski definition) is 2. The van der Waals surface area contributed by atoms with Crippen molar-refractivity contribution in [3.05, 3.63) is 59.2 Å². The number of nitrogens with zero attached hydrogens (tertiary/aromatic N) is 2. The number of benzene rings is 1. The average Bonchev–Trinajstić information content (AvgIpc) is 2.97. The summed E-state index contributed by atoms with van der Waals surface area (Å²) in [5, 5.41) is 3.64. The Labute approximate surface area is 136 Å². The minimum absolute atomic E-state index is 0.403. The van der Waals surface area contributed by atoms with Gasteiger partial charge < -0.3 is 10.3 Å². The fraction of sp³-hybridized carbons (Fsp3) is 0.368. The van der Waals surface area contributed by atoms with Gasteiger partial charge in [-0.3, -0.25) is 0 Å². The van der Waals surface area contributed by atoms with E-state index in [1.165, 1.54) is 5.56 Å². The molecule has 0 bridgehead atoms. The van der Waals surface area contributed by atoms with E-state index in [0.29, 0.717) is 12.0 Å². The lowest BCUT2D eigenvalue weighted by atomic mass is 9.88. The zero-order chi connectivity index (χ0) is 15.8. The number of fused-ring (bicyclic) bond motifs is 1. The van der Waals surface area contributed by atoms with Crippen molar-refractivity contribution in [3.63, 3.8) is 0 Å². The molecular weight excluding hydrogens is 284 g/mol. The van der Waals surface area contributed by atoms with Crippen LogP contribution in [0, 0.1) is 13.8 Å². The SMILES string of the molecule is Cc1cc2[nH]c(C3CCNC(c4ccccc4)C3)nc(C)c-2n1. The molecule has 0 radical (unpaired) electrons. The molecule has 0 aliphatic carbocycles. The Morgan fingerprint density at radius 2 is 1.91 bits per heavy atom. The maximum atomic E-state index is 4.82. The minimum Gasteiger partial charge on any atom is -0.342 e. The van der Waals surface area contributed by atoms with Gasteiger partial charge in [-0.05, 0) is 44.9 Å². The van der Waals surface area contributed by atoms with Crippen molar-refractivity contribution in [2.24, 2.45) is 0 Å². The molecule has 1 fully saturated rings. The Morgan fingerprint density at radius 1 is 1.09 bits per heavy atom. The van der Waals surface area contributed by atoms with Crippen LogP contribution >= 0.6 is 0 Å². The third-order valence-electron chi connectivity index (χ3n) is 4.78. The molecule has 23 heavy (non-hydrogen) atoms. The molecular formula is C19H22N4. The number of H-pyrrole nitrogens is 1. The standard InChI is InChI=1S/C19H22N4/c1-12-10-17-18(21-12)13(2)22-19(23-17)15-8-9-20-16(11-15)14-6-4-3-5-7-14/h3-7,10,15-16,20H,8-9,11H2,1-2H3,(H,22,23). The number of nitrogens with one attached hydrogen (secondary N) is 2. The number of aryl methyl sites for hydroxylation is 2. The molecule has 0 saturated carbocycles. The molecule has 2 atom stereocenters. The summed E-state index contributed by atoms with van der Waals surface area (Å²) in [6.07, 6.45) is 2.19. The van der Waals surface area contributed by atoms with Gasteiger partial charge in [0.25, 0.3) is 0 Å². The van der Waals surface area contributed by atoms with Crippen molar-refractivity contribution in [2.45, 2.75) is 38.6 Å². The van der Waals surface area contributed by atoms with Crippen LogP contribution in [0.5, 0.6) is 0 Å². The van der Waals surface area contributed by atoms with Gasteiger partial charge in [-0.1, -0.05) is 30.3 Å². The van der Waals surface area contributed by atoms with Gasteiger partial charge in [-0.2, -0.15) is 0 Å². The molecule has 1 aromatic carbocycles. The van der Waals surface area contributed by atoms with Gasteiger partial charge in [-0.15, -0.1) is 0 Å². The second-order valence-electron chi connectivity index (χ2n) is 6.51. The van der Waals surface area contributed by atoms with Crippen molar-refractivity contribution in [1.29, 1.82) is 0 Å². The lowest BCUT2D eigenvalue weighted by Gasteiger charge is -2.30. The number of piperidine rings is 1. The first-order valence-corrected chi connectivity index (χ1v) is 8.33. The van der Waals surface area contributed by atoms with E-state index in [9.17, 15) is 0 Å². The van der Waals surface area contributed by atoms with E-state index in [0.717, 1.165) is 48.0 Å². The normalized spacial score (nSPS) is 21.7. The molecule has 3 aliphatic heterocycles. The highest BCUT2D eigenvalue weighted by molar-refractivity contribution is 5.60. The van der Waals surface area contributed by atoms with E-state index >= 15 is 0 Å². The van der Waals surface area contributed by atoms with Gasteiger partial charge in [0, 0.05) is 17.7 Å². The average molecular weight is 306 g/mol. The van der Waals surface area contributed by atoms with Gasteiger partial charge in [0.2, 0.25) is 0 Å². The first-order chi connectivity index (χ1) is 11.2. The van der Waals surface area contributed by atoms with E-state index in [1.807, 2.05) is 6.92 Å². The smallest absolute Gasteiger partial charge is 0.110 e. The molecule has 2 unspecified atom stereocenters. The van der Waals surface area contributed by atoms with Gasteiger partial charge in [0.1, 0.15) is 11.5 Å². The summed E-state index contributed by atoms with van der Waals surface area (Å²) in [7, 11) is 0. The van der Waals surface area contributed by atoms with Crippen molar-refractivity contribution in [1.82, 2.24) is 20.3 Å². The molecule has 0 spiro atoms. The third kappa shape index (κ3) is 2.75. The molecule has 3 aliphatic rings. The van der Waals surface area contributed by atoms with Crippen LogP contribution < -0.4 is 5.32 Å². The lowest BCUT2D eigenvalue weighted by molar-refractivity contribution is 0.360. The summed E-state index contributed by atoms with van der Waals surface area (Å²) >= 11 is 0. The van der Waals surface area contributed by atoms with Crippen LogP contribution in [0.3, 0.4) is 0 Å². The van der Waals surface area contributed by atoms with Crippen molar-refractivity contribution in [3.8, 4) is 11.4 Å². The summed E-state index contributed by atoms with van der Waals surface area (Å²) in [5.74, 6) is 1.56. The highest BCUT2D eigenvalue weighted by atomic mass is 15.0. The highest BCUT2D eigenvalue weighted by Crippen LogP contribution is 2.34. The van der Waals surface area contributed by atoms with E-state index in [1.54, 1.807) is 0 Å². The van der Waals surface area contributed by atoms with Gasteiger partial charge in [0.15, 0.2) is 0 Å². The summed E-state index contributed by atoms with van der Waals surface area (Å²) in [6.45, 7) is 5.11. The van der Waals surface area contributed by atoms with Crippen LogP contribution in [0.4, 0.5) is 0 Å². The number of hydrogen-bond acceptors (Lipinski definition) is 3. The van der Waals surface area contributed by atoms with Crippen molar-refractivity contribution >= 4 is 0 Å². The second kappa shape index (κ2) is 5.78. The lowest BCUT2D eigenvalue weighted by Crippen LogP contribution is -2.31. The molecule has 4 nitrogen and oxygen atoms in total. The first kappa shape index (κ1) is 14.4. The first-order valence-electron chi connectivity index (χ1n) is 8.33. The predicted octanol–water partition coefficient (Wildman–Crippen LogP) is 3.73. The quantitative estimate of drug-likeness (QED) is 0.758. The number of rotatable bonds is 2. The van der Waals surface area contributed by atoms with Gasteiger partial charge >= 0.3 is 0 Å². The zero-order valence-electron chi connectivity index (χ0n) is 13.6. The monoisotopic (exact) mass is 306 g/mol. The molecule has 118 valence electrons. The van der Waals surface area contributed by atoms with Crippen LogP contribution in [-0.2, 0) is 0 Å². The molecule has 1 saturated heterocycles. The Bertz CT molecular complexity index is 778. The molecule has 4 rings (SSSR count). The fourth-order valence-corrected chi connectivity index (χ4v) is 3.62. The maximum absolute atomic E-state index is 4.82. The summed E-state index contributed by atoms with van der Waals surface area (Å²) < 4.78 is 0. The van der Waals surface area contributed by atoms with Crippen LogP contribution in [0.15, 0.2) is 36.4 Å². The third-order valence-corrected chi connectivity index (χ3v) is 4.78. The predicted molar refractivity (Wildman–Crippen MR) is 91.6 cm³/mol. The summed E-state index contributed by atoms with van der Waals surface area (Å²) in [4.78, 5) is 12.9. The maximum Gasteiger partial charge on any atom is 0.110 e. The summed E-state index contributed by atoms with van der Waals surface area (Å²) in [6, 6.07) is 13.2. The molecule has 2 N–H and O–H groups in total. The molecule has 4 heteroatoms. The van der Waals surface area contributed by atoms with Crippen LogP contribution in [-0.4, -0.2) is 21.5 Å². The summed E-state index contributed by atoms with van der Waals surface area (Å²) in [5.41, 5.74) is 5.54. The molecule has 3 heterocycles. The Balaban J connectivity index is 1.64. The topological polar surface area (TPSA) is 53.6 Å². The fourth-order valence-electron chi connectivity index (χ4n) is 3.62. The van der Waals surface area contributed by atoms with E-state index in [-0.39, 0.29) is 0 Å². The Hall–Kier alpha value is -2.20. The van der Waals surface area contributed by atoms with Gasteiger partial charge in [-0.25, -0.2) is 9.97 Å². The van der Waals surface area contributed by atoms with Gasteiger partial charge in [0.05, 0.1) is 11.4 Å². The van der Waals surface area contributed by atoms with Crippen molar-refractivity contribution < 1.29 is 0 Å². The number of aromatic amines is 1. The minimum atomic E-state index is 0.403. The van der Waals surface area contributed by atoms with E-state index in [2.05, 4.69) is 58.6 Å². The highest BCUT2D eigenvalue weighted by Gasteiger charge is 2.26. The second-order valence-corrected chi connectivity index (χ2v) is 6.51. The van der Waals surface area contributed by atoms with Crippen molar-refractivity contribution in [2.75, 3.05) is 6.54 Å². The molecule has 1 aromatic rings. The Kier molecular flexibility index (Phi) is 3.62. The van der Waals surface area contributed by atoms with Crippen LogP contribution in [0.1, 0.15) is 47.6 Å². The molecule has 0 amide bonds. The largest absolute Gasteiger partial charge is 0.342 e. The van der Waals surface area contributed by atoms with E-state index in [4.69, 9.17) is 4.98 Å². The zero-order valence-corrected chi connectivity index (χ0v) is 13.6. The van der Waals surface area contributed by atoms with E-state index < -0.39 is 0 Å². The Morgan fingerprint density at radius 3 is 2.74 bits per heavy atom. The molecule has 0 aromatic heterocycles. The van der Waals surface area contributed by atoms with Crippen LogP contribution in [0.2, 0.25) is 0 Å². The number of aromatic nitrogens is 3.